The number of hydrogen-bond acceptors (Lipinski definition) is 8. The van der Waals surface area contributed by atoms with Crippen LogP contribution >= 0.6 is 0 Å². The van der Waals surface area contributed by atoms with Gasteiger partial charge in [-0.15, -0.1) is 10.2 Å². The highest BCUT2D eigenvalue weighted by atomic mass is 19.4. The van der Waals surface area contributed by atoms with Gasteiger partial charge in [-0.2, -0.15) is 26.3 Å². The van der Waals surface area contributed by atoms with Crippen LogP contribution in [0.2, 0.25) is 0 Å². The van der Waals surface area contributed by atoms with Gasteiger partial charge >= 0.3 is 12.4 Å². The van der Waals surface area contributed by atoms with Crippen LogP contribution in [0.5, 0.6) is 0 Å². The van der Waals surface area contributed by atoms with E-state index in [1.165, 1.54) is 19.0 Å². The highest BCUT2D eigenvalue weighted by molar-refractivity contribution is 5.84. The Hall–Kier alpha value is -3.10. The highest BCUT2D eigenvalue weighted by Gasteiger charge is 2.58. The highest BCUT2D eigenvalue weighted by Crippen LogP contribution is 2.44. The van der Waals surface area contributed by atoms with Crippen molar-refractivity contribution >= 4 is 17.4 Å². The fraction of sp³-hybridized carbons (Fsp3) is 0.579. The number of likely N-dealkylation sites (N-methyl/N-ethyl adjacent to an activating group) is 1. The van der Waals surface area contributed by atoms with Crippen LogP contribution in [0.25, 0.3) is 11.6 Å². The van der Waals surface area contributed by atoms with Gasteiger partial charge in [-0.3, -0.25) is 4.79 Å². The predicted octanol–water partition coefficient (Wildman–Crippen LogP) is 3.32. The quantitative estimate of drug-likeness (QED) is 0.513. The van der Waals surface area contributed by atoms with E-state index in [4.69, 9.17) is 10.2 Å². The lowest BCUT2D eigenvalue weighted by Gasteiger charge is -2.27. The third-order valence-electron chi connectivity index (χ3n) is 5.39. The van der Waals surface area contributed by atoms with Crippen LogP contribution in [-0.2, 0) is 16.6 Å². The molecule has 3 heterocycles. The Morgan fingerprint density at radius 3 is 2.47 bits per heavy atom. The average Bonchev–Trinajstić information content (AvgIpc) is 3.20. The maximum absolute atomic E-state index is 13.7. The number of nitrogens with two attached hydrogens (primary N) is 1. The number of nitrogens with zero attached hydrogens (tertiary/aromatic N) is 4. The van der Waals surface area contributed by atoms with Crippen molar-refractivity contribution < 1.29 is 40.7 Å². The topological polar surface area (TPSA) is 130 Å². The molecule has 0 radical (unpaired) electrons. The molecule has 9 nitrogen and oxygen atoms in total. The molecule has 3 rings (SSSR count). The lowest BCUT2D eigenvalue weighted by molar-refractivity contribution is -0.277. The number of amides is 1. The van der Waals surface area contributed by atoms with Gasteiger partial charge < -0.3 is 25.5 Å². The van der Waals surface area contributed by atoms with E-state index in [1.54, 1.807) is 0 Å². The van der Waals surface area contributed by atoms with Crippen molar-refractivity contribution in [3.8, 4) is 11.6 Å². The summed E-state index contributed by atoms with van der Waals surface area (Å²) in [5, 5.41) is 19.6. The van der Waals surface area contributed by atoms with Gasteiger partial charge in [0, 0.05) is 14.1 Å². The Balaban J connectivity index is 2.20. The minimum absolute atomic E-state index is 0.00145. The van der Waals surface area contributed by atoms with E-state index >= 15 is 0 Å². The number of aromatic nitrogens is 3. The lowest BCUT2D eigenvalue weighted by Crippen LogP contribution is -2.42. The van der Waals surface area contributed by atoms with E-state index in [0.29, 0.717) is 6.07 Å². The zero-order chi connectivity index (χ0) is 25.5. The van der Waals surface area contributed by atoms with Crippen LogP contribution in [0.1, 0.15) is 43.6 Å². The molecule has 15 heteroatoms. The molecule has 1 aliphatic heterocycles. The Morgan fingerprint density at radius 2 is 1.88 bits per heavy atom. The van der Waals surface area contributed by atoms with E-state index in [2.05, 4.69) is 20.5 Å². The van der Waals surface area contributed by atoms with Crippen molar-refractivity contribution in [1.82, 2.24) is 20.1 Å². The van der Waals surface area contributed by atoms with E-state index in [0.717, 1.165) is 0 Å². The molecule has 1 amide bonds. The second kappa shape index (κ2) is 8.92. The van der Waals surface area contributed by atoms with Crippen LogP contribution in [0, 0.1) is 0 Å². The van der Waals surface area contributed by atoms with Gasteiger partial charge in [-0.1, -0.05) is 12.8 Å². The number of alkyl halides is 6. The van der Waals surface area contributed by atoms with Crippen molar-refractivity contribution in [2.24, 2.45) is 0 Å². The largest absolute Gasteiger partial charge is 0.426 e. The van der Waals surface area contributed by atoms with Gasteiger partial charge in [-0.05, 0) is 25.3 Å². The molecule has 0 saturated heterocycles. The number of nitrogen functional groups attached to an aromatic ring is 1. The second-order valence-electron chi connectivity index (χ2n) is 8.12. The summed E-state index contributed by atoms with van der Waals surface area (Å²) < 4.78 is 87.2. The van der Waals surface area contributed by atoms with Crippen molar-refractivity contribution in [3.63, 3.8) is 0 Å². The molecule has 1 aliphatic rings. The maximum Gasteiger partial charge on any atom is 0.426 e. The van der Waals surface area contributed by atoms with Gasteiger partial charge in [0.25, 0.3) is 11.8 Å². The molecular weight excluding hydrogens is 474 g/mol. The predicted molar refractivity (Wildman–Crippen MR) is 106 cm³/mol. The van der Waals surface area contributed by atoms with E-state index in [1.807, 2.05) is 0 Å². The first-order valence-electron chi connectivity index (χ1n) is 10.1. The van der Waals surface area contributed by atoms with E-state index in [9.17, 15) is 36.2 Å². The zero-order valence-corrected chi connectivity index (χ0v) is 18.1. The van der Waals surface area contributed by atoms with Crippen LogP contribution in [0.3, 0.4) is 0 Å². The fourth-order valence-electron chi connectivity index (χ4n) is 3.52. The smallest absolute Gasteiger partial charge is 0.416 e. The summed E-state index contributed by atoms with van der Waals surface area (Å²) in [6.45, 7) is 0. The number of pyridine rings is 1. The number of anilines is 2. The van der Waals surface area contributed by atoms with Gasteiger partial charge in [0.15, 0.2) is 5.69 Å². The number of nitrogens with one attached hydrogen (secondary N) is 1. The van der Waals surface area contributed by atoms with Crippen molar-refractivity contribution in [3.05, 3.63) is 17.5 Å². The summed E-state index contributed by atoms with van der Waals surface area (Å²) in [6.07, 6.45) is -10.7. The molecule has 0 spiro atoms. The Labute approximate surface area is 189 Å². The number of carbonyl (C=O) groups is 1. The number of halogens is 6. The molecule has 0 saturated carbocycles. The normalized spacial score (nSPS) is 22.0. The molecule has 2 atom stereocenters. The molecule has 0 aromatic carbocycles. The molecule has 2 aromatic rings. The van der Waals surface area contributed by atoms with Crippen molar-refractivity contribution in [2.45, 2.75) is 56.1 Å². The second-order valence-corrected chi connectivity index (χ2v) is 8.12. The van der Waals surface area contributed by atoms with Gasteiger partial charge in [0.1, 0.15) is 11.9 Å². The van der Waals surface area contributed by atoms with Crippen LogP contribution in [-0.4, -0.2) is 57.4 Å². The Bertz CT molecular complexity index is 1050. The first kappa shape index (κ1) is 25.5. The third kappa shape index (κ3) is 4.88. The SMILES string of the molecule is CN(C)C(=O)C1CCCCCC(O)(C(F)(F)F)c2nnc(o2)-c2nc(c(C(F)(F)F)cc2N)N1. The van der Waals surface area contributed by atoms with Gasteiger partial charge in [-0.25, -0.2) is 4.98 Å². The lowest BCUT2D eigenvalue weighted by atomic mass is 9.94. The van der Waals surface area contributed by atoms with Crippen LogP contribution in [0.15, 0.2) is 10.5 Å². The summed E-state index contributed by atoms with van der Waals surface area (Å²) in [5.74, 6) is -3.24. The molecule has 2 aromatic heterocycles. The maximum atomic E-state index is 13.7. The molecule has 4 bridgehead atoms. The van der Waals surface area contributed by atoms with Gasteiger partial charge in [0.05, 0.1) is 11.3 Å². The molecule has 0 fully saturated rings. The minimum atomic E-state index is -5.18. The number of carbonyl (C=O) groups excluding carboxylic acids is 1. The van der Waals surface area contributed by atoms with E-state index < -0.39 is 70.9 Å². The number of fused-ring (bicyclic) bond motifs is 5. The van der Waals surface area contributed by atoms with E-state index in [-0.39, 0.29) is 25.7 Å². The van der Waals surface area contributed by atoms with Crippen molar-refractivity contribution in [1.29, 1.82) is 0 Å². The first-order valence-corrected chi connectivity index (χ1v) is 10.1. The zero-order valence-electron chi connectivity index (χ0n) is 18.1. The monoisotopic (exact) mass is 496 g/mol. The standard InChI is InChI=1S/C19H22F6N6O3/c1-31(2)15(32)11-6-4-3-5-7-17(33,19(23,24)25)16-30-29-14(34-16)12-10(26)8-9(18(20,21)22)13(27-11)28-12/h8,11,33H,3-7,26H2,1-2H3,(H,27,28). The van der Waals surface area contributed by atoms with Crippen molar-refractivity contribution in [2.75, 3.05) is 25.1 Å². The molecule has 0 aliphatic carbocycles. The van der Waals surface area contributed by atoms with Crippen LogP contribution in [0.4, 0.5) is 37.8 Å². The number of rotatable bonds is 1. The molecule has 34 heavy (non-hydrogen) atoms. The van der Waals surface area contributed by atoms with Gasteiger partial charge in [0.2, 0.25) is 11.5 Å². The summed E-state index contributed by atoms with van der Waals surface area (Å²) in [5.41, 5.74) is -0.226. The minimum Gasteiger partial charge on any atom is -0.416 e. The summed E-state index contributed by atoms with van der Waals surface area (Å²) in [7, 11) is 2.82. The Morgan fingerprint density at radius 1 is 1.21 bits per heavy atom. The molecule has 2 unspecified atom stereocenters. The summed E-state index contributed by atoms with van der Waals surface area (Å²) in [6, 6.07) is -0.657. The number of aliphatic hydroxyl groups is 1. The fourth-order valence-corrected chi connectivity index (χ4v) is 3.52. The Kier molecular flexibility index (Phi) is 6.70. The summed E-state index contributed by atoms with van der Waals surface area (Å²) in [4.78, 5) is 17.6. The molecular formula is C19H22F6N6O3. The molecule has 188 valence electrons. The number of hydrogen-bond donors (Lipinski definition) is 3. The van der Waals surface area contributed by atoms with Crippen LogP contribution < -0.4 is 11.1 Å². The summed E-state index contributed by atoms with van der Waals surface area (Å²) >= 11 is 0. The average molecular weight is 496 g/mol. The third-order valence-corrected chi connectivity index (χ3v) is 5.39. The molecule has 4 N–H and O–H groups in total. The first-order chi connectivity index (χ1) is 15.6.